The third-order valence-electron chi connectivity index (χ3n) is 3.86. The van der Waals surface area contributed by atoms with Gasteiger partial charge in [0.15, 0.2) is 0 Å². The predicted octanol–water partition coefficient (Wildman–Crippen LogP) is 0.588. The monoisotopic (exact) mass is 237 g/mol. The molecule has 1 aliphatic heterocycles. The van der Waals surface area contributed by atoms with Crippen molar-refractivity contribution in [1.82, 2.24) is 9.80 Å². The quantitative estimate of drug-likeness (QED) is 0.731. The summed E-state index contributed by atoms with van der Waals surface area (Å²) in [5.41, 5.74) is 5.35. The first-order valence-electron chi connectivity index (χ1n) is 6.71. The topological polar surface area (TPSA) is 49.6 Å². The van der Waals surface area contributed by atoms with Crippen LogP contribution in [0.5, 0.6) is 0 Å². The van der Waals surface area contributed by atoms with Crippen LogP contribution in [0.3, 0.4) is 0 Å². The Morgan fingerprint density at radius 3 is 2.41 bits per heavy atom. The van der Waals surface area contributed by atoms with Crippen LogP contribution in [0, 0.1) is 0 Å². The zero-order valence-corrected chi connectivity index (χ0v) is 10.5. The molecular formula is C13H23N3O. The fourth-order valence-corrected chi connectivity index (χ4v) is 2.85. The first kappa shape index (κ1) is 12.6. The Balaban J connectivity index is 1.77. The lowest BCUT2D eigenvalue weighted by atomic mass is 10.2. The summed E-state index contributed by atoms with van der Waals surface area (Å²) in [6.45, 7) is 4.24. The molecule has 17 heavy (non-hydrogen) atoms. The van der Waals surface area contributed by atoms with Crippen molar-refractivity contribution in [2.24, 2.45) is 5.73 Å². The second-order valence-electron chi connectivity index (χ2n) is 4.94. The Morgan fingerprint density at radius 1 is 1.18 bits per heavy atom. The molecule has 1 amide bonds. The number of nitrogens with two attached hydrogens (primary N) is 1. The highest BCUT2D eigenvalue weighted by Gasteiger charge is 2.26. The third-order valence-corrected chi connectivity index (χ3v) is 3.86. The molecule has 96 valence electrons. The molecule has 2 rings (SSSR count). The van der Waals surface area contributed by atoms with Gasteiger partial charge >= 0.3 is 0 Å². The largest absolute Gasteiger partial charge is 0.337 e. The van der Waals surface area contributed by atoms with Crippen LogP contribution in [0.25, 0.3) is 0 Å². The van der Waals surface area contributed by atoms with E-state index >= 15 is 0 Å². The van der Waals surface area contributed by atoms with Crippen molar-refractivity contribution in [3.8, 4) is 0 Å². The van der Waals surface area contributed by atoms with E-state index in [0.717, 1.165) is 32.2 Å². The number of amides is 1. The molecule has 1 heterocycles. The van der Waals surface area contributed by atoms with Crippen molar-refractivity contribution >= 4 is 5.91 Å². The van der Waals surface area contributed by atoms with Crippen molar-refractivity contribution in [1.29, 1.82) is 0 Å². The molecule has 2 aliphatic rings. The first-order chi connectivity index (χ1) is 8.31. The van der Waals surface area contributed by atoms with E-state index in [1.165, 1.54) is 25.7 Å². The minimum Gasteiger partial charge on any atom is -0.337 e. The fourth-order valence-electron chi connectivity index (χ4n) is 2.85. The van der Waals surface area contributed by atoms with Crippen molar-refractivity contribution in [2.45, 2.75) is 31.7 Å². The molecule has 0 aromatic heterocycles. The number of nitrogens with zero attached hydrogens (tertiary/aromatic N) is 2. The Kier molecular flexibility index (Phi) is 4.57. The molecule has 4 nitrogen and oxygen atoms in total. The number of carbonyl (C=O) groups excluding carboxylic acids is 1. The highest BCUT2D eigenvalue weighted by molar-refractivity contribution is 5.87. The number of piperazine rings is 1. The lowest BCUT2D eigenvalue weighted by Gasteiger charge is -2.37. The minimum absolute atomic E-state index is 0.113. The molecule has 1 aliphatic carbocycles. The van der Waals surface area contributed by atoms with Crippen LogP contribution in [0.15, 0.2) is 12.2 Å². The van der Waals surface area contributed by atoms with E-state index in [9.17, 15) is 4.79 Å². The summed E-state index contributed by atoms with van der Waals surface area (Å²) in [6, 6.07) is 0.784. The highest BCUT2D eigenvalue weighted by atomic mass is 16.2. The van der Waals surface area contributed by atoms with Crippen LogP contribution in [-0.2, 0) is 4.79 Å². The van der Waals surface area contributed by atoms with Gasteiger partial charge in [-0.3, -0.25) is 9.69 Å². The van der Waals surface area contributed by atoms with E-state index in [0.29, 0.717) is 6.54 Å². The summed E-state index contributed by atoms with van der Waals surface area (Å²) < 4.78 is 0. The molecule has 2 fully saturated rings. The van der Waals surface area contributed by atoms with E-state index in [2.05, 4.69) is 4.90 Å². The molecular weight excluding hydrogens is 214 g/mol. The van der Waals surface area contributed by atoms with Gasteiger partial charge in [-0.1, -0.05) is 18.9 Å². The van der Waals surface area contributed by atoms with Crippen molar-refractivity contribution < 1.29 is 4.79 Å². The maximum atomic E-state index is 11.7. The van der Waals surface area contributed by atoms with Crippen molar-refractivity contribution in [3.63, 3.8) is 0 Å². The zero-order chi connectivity index (χ0) is 12.1. The Morgan fingerprint density at radius 2 is 1.82 bits per heavy atom. The van der Waals surface area contributed by atoms with Gasteiger partial charge in [0.1, 0.15) is 0 Å². The second kappa shape index (κ2) is 6.17. The van der Waals surface area contributed by atoms with E-state index in [1.807, 2.05) is 4.90 Å². The minimum atomic E-state index is 0.113. The Hall–Kier alpha value is -0.870. The van der Waals surface area contributed by atoms with Crippen LogP contribution < -0.4 is 5.73 Å². The van der Waals surface area contributed by atoms with E-state index in [4.69, 9.17) is 5.73 Å². The Bertz CT molecular complexity index is 276. The predicted molar refractivity (Wildman–Crippen MR) is 68.6 cm³/mol. The normalized spacial score (nSPS) is 23.7. The summed E-state index contributed by atoms with van der Waals surface area (Å²) in [4.78, 5) is 16.2. The summed E-state index contributed by atoms with van der Waals surface area (Å²) >= 11 is 0. The van der Waals surface area contributed by atoms with Gasteiger partial charge < -0.3 is 10.6 Å². The average Bonchev–Trinajstić information content (AvgIpc) is 2.90. The summed E-state index contributed by atoms with van der Waals surface area (Å²) in [5, 5.41) is 0. The SMILES string of the molecule is NC/C=C/C(=O)N1CCN(C2CCCC2)CC1. The van der Waals surface area contributed by atoms with E-state index in [-0.39, 0.29) is 5.91 Å². The van der Waals surface area contributed by atoms with Crippen LogP contribution in [0.4, 0.5) is 0 Å². The summed E-state index contributed by atoms with van der Waals surface area (Å²) in [5.74, 6) is 0.113. The maximum absolute atomic E-state index is 11.7. The lowest BCUT2D eigenvalue weighted by molar-refractivity contribution is -0.128. The standard InChI is InChI=1S/C13H23N3O/c14-7-3-6-13(17)16-10-8-15(9-11-16)12-4-1-2-5-12/h3,6,12H,1-2,4-5,7-11,14H2/b6-3+. The number of hydrogen-bond acceptors (Lipinski definition) is 3. The lowest BCUT2D eigenvalue weighted by Crippen LogP contribution is -2.51. The van der Waals surface area contributed by atoms with Crippen LogP contribution in [0.1, 0.15) is 25.7 Å². The van der Waals surface area contributed by atoms with Gasteiger partial charge in [0.25, 0.3) is 0 Å². The van der Waals surface area contributed by atoms with Gasteiger partial charge in [0.2, 0.25) is 5.91 Å². The summed E-state index contributed by atoms with van der Waals surface area (Å²) in [7, 11) is 0. The maximum Gasteiger partial charge on any atom is 0.246 e. The molecule has 0 unspecified atom stereocenters. The molecule has 0 spiro atoms. The van der Waals surface area contributed by atoms with Gasteiger partial charge in [0.05, 0.1) is 0 Å². The number of rotatable bonds is 3. The summed E-state index contributed by atoms with van der Waals surface area (Å²) in [6.07, 6.45) is 8.78. The molecule has 1 saturated carbocycles. The average molecular weight is 237 g/mol. The highest BCUT2D eigenvalue weighted by Crippen LogP contribution is 2.24. The van der Waals surface area contributed by atoms with E-state index < -0.39 is 0 Å². The van der Waals surface area contributed by atoms with Crippen LogP contribution >= 0.6 is 0 Å². The van der Waals surface area contributed by atoms with Crippen LogP contribution in [-0.4, -0.2) is 54.5 Å². The molecule has 0 bridgehead atoms. The number of carbonyl (C=O) groups is 1. The fraction of sp³-hybridized carbons (Fsp3) is 0.769. The molecule has 1 saturated heterocycles. The van der Waals surface area contributed by atoms with Gasteiger partial charge in [-0.05, 0) is 12.8 Å². The van der Waals surface area contributed by atoms with Gasteiger partial charge in [0, 0.05) is 44.8 Å². The smallest absolute Gasteiger partial charge is 0.246 e. The van der Waals surface area contributed by atoms with Crippen LogP contribution in [0.2, 0.25) is 0 Å². The number of hydrogen-bond donors (Lipinski definition) is 1. The van der Waals surface area contributed by atoms with Gasteiger partial charge in [-0.2, -0.15) is 0 Å². The first-order valence-corrected chi connectivity index (χ1v) is 6.71. The Labute approximate surface area is 103 Å². The molecule has 2 N–H and O–H groups in total. The van der Waals surface area contributed by atoms with Gasteiger partial charge in [-0.25, -0.2) is 0 Å². The molecule has 0 aromatic carbocycles. The van der Waals surface area contributed by atoms with E-state index in [1.54, 1.807) is 12.2 Å². The zero-order valence-electron chi connectivity index (χ0n) is 10.5. The molecule has 0 aromatic rings. The molecule has 0 radical (unpaired) electrons. The molecule has 4 heteroatoms. The van der Waals surface area contributed by atoms with Gasteiger partial charge in [-0.15, -0.1) is 0 Å². The van der Waals surface area contributed by atoms with Crippen molar-refractivity contribution in [3.05, 3.63) is 12.2 Å². The second-order valence-corrected chi connectivity index (χ2v) is 4.94. The molecule has 0 atom stereocenters. The third kappa shape index (κ3) is 3.30. The van der Waals surface area contributed by atoms with Crippen molar-refractivity contribution in [2.75, 3.05) is 32.7 Å².